The number of nitrogens with zero attached hydrogens (tertiary/aromatic N) is 4. The molecule has 0 spiro atoms. The molecule has 0 unspecified atom stereocenters. The Labute approximate surface area is 146 Å². The van der Waals surface area contributed by atoms with E-state index in [9.17, 15) is 14.9 Å². The van der Waals surface area contributed by atoms with Gasteiger partial charge in [0, 0.05) is 19.5 Å². The number of nitriles is 1. The number of rotatable bonds is 4. The van der Waals surface area contributed by atoms with Gasteiger partial charge in [0.15, 0.2) is 11.3 Å². The number of anilines is 1. The topological polar surface area (TPSA) is 106 Å². The Kier molecular flexibility index (Phi) is 4.29. The maximum atomic E-state index is 12.1. The van der Waals surface area contributed by atoms with Gasteiger partial charge in [-0.1, -0.05) is 0 Å². The van der Waals surface area contributed by atoms with E-state index in [1.807, 2.05) is 18.4 Å². The fourth-order valence-corrected chi connectivity index (χ4v) is 3.01. The zero-order valence-corrected chi connectivity index (χ0v) is 14.7. The number of aromatic nitrogens is 3. The molecule has 3 aromatic rings. The summed E-state index contributed by atoms with van der Waals surface area (Å²) in [6.07, 6.45) is 0. The van der Waals surface area contributed by atoms with E-state index in [0.717, 1.165) is 15.3 Å². The lowest BCUT2D eigenvalue weighted by Crippen LogP contribution is -2.39. The van der Waals surface area contributed by atoms with E-state index in [2.05, 4.69) is 10.3 Å². The zero-order chi connectivity index (χ0) is 18.1. The van der Waals surface area contributed by atoms with Gasteiger partial charge in [-0.05, 0) is 19.1 Å². The van der Waals surface area contributed by atoms with Crippen molar-refractivity contribution in [1.82, 2.24) is 14.1 Å². The first-order valence-corrected chi connectivity index (χ1v) is 8.25. The van der Waals surface area contributed by atoms with Crippen LogP contribution in [-0.4, -0.2) is 14.1 Å². The van der Waals surface area contributed by atoms with Crippen molar-refractivity contribution in [3.05, 3.63) is 54.7 Å². The summed E-state index contributed by atoms with van der Waals surface area (Å²) in [5.74, 6) is 1.40. The first-order chi connectivity index (χ1) is 11.9. The van der Waals surface area contributed by atoms with Crippen molar-refractivity contribution >= 4 is 17.2 Å². The Bertz CT molecular complexity index is 1100. The molecule has 0 aliphatic rings. The first-order valence-electron chi connectivity index (χ1n) is 7.37. The van der Waals surface area contributed by atoms with E-state index in [0.29, 0.717) is 11.5 Å². The Morgan fingerprint density at radius 3 is 2.72 bits per heavy atom. The number of nitrogens with one attached hydrogen (secondary N) is 1. The monoisotopic (exact) mass is 357 g/mol. The summed E-state index contributed by atoms with van der Waals surface area (Å²) in [5, 5.41) is 15.0. The van der Waals surface area contributed by atoms with Gasteiger partial charge in [-0.3, -0.25) is 13.9 Å². The number of aryl methyl sites for hydroxylation is 1. The lowest BCUT2D eigenvalue weighted by molar-refractivity contribution is 0.528. The van der Waals surface area contributed by atoms with Gasteiger partial charge in [0.25, 0.3) is 5.56 Å². The highest BCUT2D eigenvalue weighted by molar-refractivity contribution is 7.09. The normalized spacial score (nSPS) is 10.6. The van der Waals surface area contributed by atoms with Crippen LogP contribution in [0.2, 0.25) is 0 Å². The molecule has 0 aliphatic carbocycles. The van der Waals surface area contributed by atoms with Crippen LogP contribution in [0.5, 0.6) is 0 Å². The van der Waals surface area contributed by atoms with Crippen molar-refractivity contribution in [2.45, 2.75) is 13.5 Å². The van der Waals surface area contributed by atoms with Crippen molar-refractivity contribution < 1.29 is 4.42 Å². The Morgan fingerprint density at radius 2 is 2.08 bits per heavy atom. The van der Waals surface area contributed by atoms with Gasteiger partial charge in [-0.25, -0.2) is 9.78 Å². The van der Waals surface area contributed by atoms with Gasteiger partial charge in [0.1, 0.15) is 23.3 Å². The summed E-state index contributed by atoms with van der Waals surface area (Å²) in [4.78, 5) is 28.4. The van der Waals surface area contributed by atoms with E-state index >= 15 is 0 Å². The van der Waals surface area contributed by atoms with Crippen molar-refractivity contribution in [1.29, 1.82) is 5.26 Å². The van der Waals surface area contributed by atoms with E-state index in [-0.39, 0.29) is 17.9 Å². The summed E-state index contributed by atoms with van der Waals surface area (Å²) in [5.41, 5.74) is -0.505. The molecule has 0 saturated heterocycles. The Hall–Kier alpha value is -3.12. The zero-order valence-electron chi connectivity index (χ0n) is 13.9. The van der Waals surface area contributed by atoms with Crippen LogP contribution in [0.15, 0.2) is 31.5 Å². The third kappa shape index (κ3) is 2.99. The molecule has 0 bridgehead atoms. The molecule has 0 atom stereocenters. The molecule has 0 radical (unpaired) electrons. The molecule has 3 heterocycles. The van der Waals surface area contributed by atoms with E-state index in [4.69, 9.17) is 4.42 Å². The molecule has 0 amide bonds. The minimum Gasteiger partial charge on any atom is -0.458 e. The molecule has 0 aliphatic heterocycles. The number of hydrogen-bond acceptors (Lipinski definition) is 7. The molecule has 3 aromatic heterocycles. The average Bonchev–Trinajstić information content (AvgIpc) is 3.23. The second-order valence-corrected chi connectivity index (χ2v) is 6.47. The van der Waals surface area contributed by atoms with Gasteiger partial charge < -0.3 is 9.73 Å². The Morgan fingerprint density at radius 1 is 1.32 bits per heavy atom. The predicted octanol–water partition coefficient (Wildman–Crippen LogP) is 1.59. The van der Waals surface area contributed by atoms with Crippen molar-refractivity contribution in [2.24, 2.45) is 14.1 Å². The molecule has 1 N–H and O–H groups in total. The summed E-state index contributed by atoms with van der Waals surface area (Å²) < 4.78 is 7.86. The predicted molar refractivity (Wildman–Crippen MR) is 93.5 cm³/mol. The molecular weight excluding hydrogens is 342 g/mol. The minimum absolute atomic E-state index is 0.119. The van der Waals surface area contributed by atoms with Crippen LogP contribution in [0.1, 0.15) is 16.3 Å². The highest BCUT2D eigenvalue weighted by Gasteiger charge is 2.16. The second-order valence-electron chi connectivity index (χ2n) is 5.41. The van der Waals surface area contributed by atoms with Crippen LogP contribution in [-0.2, 0) is 20.6 Å². The number of hydrogen-bond donors (Lipinski definition) is 1. The summed E-state index contributed by atoms with van der Waals surface area (Å²) in [6, 6.07) is 5.43. The standard InChI is InChI=1S/C16H15N5O3S/c1-9-19-12(8-25-9)13-5-4-10(24-13)7-18-14-11(6-17)15(22)21(3)16(23)20(14)2/h4-5,8,18H,7H2,1-3H3. The quantitative estimate of drug-likeness (QED) is 0.760. The smallest absolute Gasteiger partial charge is 0.332 e. The Balaban J connectivity index is 1.88. The van der Waals surface area contributed by atoms with Crippen LogP contribution in [0, 0.1) is 18.3 Å². The SMILES string of the molecule is Cc1nc(-c2ccc(CNc3c(C#N)c(=O)n(C)c(=O)n3C)o2)cs1. The summed E-state index contributed by atoms with van der Waals surface area (Å²) >= 11 is 1.53. The van der Waals surface area contributed by atoms with Crippen molar-refractivity contribution in [2.75, 3.05) is 5.32 Å². The van der Waals surface area contributed by atoms with Crippen LogP contribution >= 0.6 is 11.3 Å². The minimum atomic E-state index is -0.633. The lowest BCUT2D eigenvalue weighted by atomic mass is 10.3. The van der Waals surface area contributed by atoms with Crippen molar-refractivity contribution in [3.8, 4) is 17.5 Å². The largest absolute Gasteiger partial charge is 0.458 e. The lowest BCUT2D eigenvalue weighted by Gasteiger charge is -2.12. The highest BCUT2D eigenvalue weighted by Crippen LogP contribution is 2.24. The number of furan rings is 1. The highest BCUT2D eigenvalue weighted by atomic mass is 32.1. The average molecular weight is 357 g/mol. The van der Waals surface area contributed by atoms with Gasteiger partial charge in [-0.2, -0.15) is 5.26 Å². The van der Waals surface area contributed by atoms with Crippen LogP contribution in [0.3, 0.4) is 0 Å². The van der Waals surface area contributed by atoms with Gasteiger partial charge in [0.05, 0.1) is 11.6 Å². The number of thiazole rings is 1. The van der Waals surface area contributed by atoms with Crippen molar-refractivity contribution in [3.63, 3.8) is 0 Å². The molecule has 9 heteroatoms. The molecule has 25 heavy (non-hydrogen) atoms. The first kappa shape index (κ1) is 16.7. The van der Waals surface area contributed by atoms with E-state index in [1.54, 1.807) is 12.1 Å². The molecule has 8 nitrogen and oxygen atoms in total. The fraction of sp³-hybridized carbons (Fsp3) is 0.250. The molecule has 128 valence electrons. The maximum Gasteiger partial charge on any atom is 0.332 e. The second kappa shape index (κ2) is 6.41. The summed E-state index contributed by atoms with van der Waals surface area (Å²) in [6.45, 7) is 2.14. The van der Waals surface area contributed by atoms with Gasteiger partial charge in [0.2, 0.25) is 0 Å². The van der Waals surface area contributed by atoms with Gasteiger partial charge >= 0.3 is 5.69 Å². The molecule has 0 saturated carbocycles. The molecule has 0 fully saturated rings. The van der Waals surface area contributed by atoms with Crippen LogP contribution in [0.4, 0.5) is 5.82 Å². The van der Waals surface area contributed by atoms with E-state index < -0.39 is 11.2 Å². The molecule has 0 aromatic carbocycles. The van der Waals surface area contributed by atoms with E-state index in [1.165, 1.54) is 30.0 Å². The van der Waals surface area contributed by atoms with Gasteiger partial charge in [-0.15, -0.1) is 11.3 Å². The molecule has 3 rings (SSSR count). The maximum absolute atomic E-state index is 12.1. The molecular formula is C16H15N5O3S. The third-order valence-electron chi connectivity index (χ3n) is 3.74. The third-order valence-corrected chi connectivity index (χ3v) is 4.51. The summed E-state index contributed by atoms with van der Waals surface area (Å²) in [7, 11) is 2.83. The fourth-order valence-electron chi connectivity index (χ4n) is 2.41. The van der Waals surface area contributed by atoms with Crippen LogP contribution < -0.4 is 16.6 Å². The van der Waals surface area contributed by atoms with Crippen LogP contribution in [0.25, 0.3) is 11.5 Å².